The Kier molecular flexibility index (Phi) is 6.25. The molecular formula is C17H17Cl2NO2. The van der Waals surface area contributed by atoms with Gasteiger partial charge in [0.2, 0.25) is 0 Å². The van der Waals surface area contributed by atoms with E-state index in [2.05, 4.69) is 5.32 Å². The number of hydrogen-bond acceptors (Lipinski definition) is 2. The summed E-state index contributed by atoms with van der Waals surface area (Å²) in [4.78, 5) is 12.2. The fourth-order valence-corrected chi connectivity index (χ4v) is 2.63. The zero-order valence-corrected chi connectivity index (χ0v) is 13.4. The maximum atomic E-state index is 12.2. The van der Waals surface area contributed by atoms with Crippen molar-refractivity contribution in [1.29, 1.82) is 0 Å². The number of rotatable bonds is 6. The fraction of sp³-hybridized carbons (Fsp3) is 0.235. The van der Waals surface area contributed by atoms with E-state index in [1.54, 1.807) is 18.2 Å². The number of carbonyl (C=O) groups is 1. The van der Waals surface area contributed by atoms with Crippen LogP contribution in [0.4, 0.5) is 0 Å². The van der Waals surface area contributed by atoms with E-state index in [9.17, 15) is 9.90 Å². The van der Waals surface area contributed by atoms with Crippen molar-refractivity contribution in [3.63, 3.8) is 0 Å². The molecule has 0 fully saturated rings. The first-order chi connectivity index (χ1) is 10.6. The SMILES string of the molecule is O=C(NCC(CCO)c1ccccc1)c1cc(Cl)ccc1Cl. The van der Waals surface area contributed by atoms with E-state index in [4.69, 9.17) is 23.2 Å². The molecule has 0 radical (unpaired) electrons. The minimum absolute atomic E-state index is 0.0492. The highest BCUT2D eigenvalue weighted by atomic mass is 35.5. The van der Waals surface area contributed by atoms with Crippen LogP contribution in [-0.4, -0.2) is 24.2 Å². The van der Waals surface area contributed by atoms with Gasteiger partial charge in [-0.2, -0.15) is 0 Å². The van der Waals surface area contributed by atoms with Crippen LogP contribution in [0.25, 0.3) is 0 Å². The van der Waals surface area contributed by atoms with Crippen LogP contribution in [-0.2, 0) is 0 Å². The molecule has 2 aromatic carbocycles. The summed E-state index contributed by atoms with van der Waals surface area (Å²) in [6.45, 7) is 0.486. The standard InChI is InChI=1S/C17H17Cl2NO2/c18-14-6-7-16(19)15(10-14)17(22)20-11-13(8-9-21)12-4-2-1-3-5-12/h1-7,10,13,21H,8-9,11H2,(H,20,22). The molecule has 5 heteroatoms. The first-order valence-electron chi connectivity index (χ1n) is 7.01. The predicted molar refractivity (Wildman–Crippen MR) is 89.7 cm³/mol. The molecule has 2 N–H and O–H groups in total. The van der Waals surface area contributed by atoms with Crippen LogP contribution < -0.4 is 5.32 Å². The normalized spacial score (nSPS) is 12.0. The van der Waals surface area contributed by atoms with Crippen LogP contribution in [0.1, 0.15) is 28.3 Å². The molecule has 0 saturated carbocycles. The van der Waals surface area contributed by atoms with Crippen molar-refractivity contribution < 1.29 is 9.90 Å². The molecule has 0 spiro atoms. The van der Waals surface area contributed by atoms with E-state index in [-0.39, 0.29) is 18.4 Å². The van der Waals surface area contributed by atoms with Crippen LogP contribution in [0.3, 0.4) is 0 Å². The maximum absolute atomic E-state index is 12.2. The Labute approximate surface area is 139 Å². The van der Waals surface area contributed by atoms with Crippen LogP contribution in [0.5, 0.6) is 0 Å². The lowest BCUT2D eigenvalue weighted by molar-refractivity contribution is 0.0949. The molecule has 0 bridgehead atoms. The van der Waals surface area contributed by atoms with Crippen molar-refractivity contribution in [2.45, 2.75) is 12.3 Å². The zero-order chi connectivity index (χ0) is 15.9. The smallest absolute Gasteiger partial charge is 0.252 e. The Morgan fingerprint density at radius 1 is 1.14 bits per heavy atom. The number of benzene rings is 2. The Hall–Kier alpha value is -1.55. The molecule has 0 aromatic heterocycles. The number of aliphatic hydroxyl groups excluding tert-OH is 1. The van der Waals surface area contributed by atoms with Gasteiger partial charge >= 0.3 is 0 Å². The number of halogens is 2. The third kappa shape index (κ3) is 4.47. The van der Waals surface area contributed by atoms with Gasteiger partial charge in [0.05, 0.1) is 10.6 Å². The molecule has 116 valence electrons. The van der Waals surface area contributed by atoms with Crippen molar-refractivity contribution in [1.82, 2.24) is 5.32 Å². The molecule has 0 heterocycles. The van der Waals surface area contributed by atoms with Gasteiger partial charge in [0, 0.05) is 24.1 Å². The molecule has 0 aliphatic carbocycles. The number of aliphatic hydroxyl groups is 1. The van der Waals surface area contributed by atoms with Crippen LogP contribution in [0.2, 0.25) is 10.0 Å². The quantitative estimate of drug-likeness (QED) is 0.840. The third-order valence-electron chi connectivity index (χ3n) is 3.43. The maximum Gasteiger partial charge on any atom is 0.252 e. The van der Waals surface area contributed by atoms with Gasteiger partial charge in [-0.1, -0.05) is 53.5 Å². The average molecular weight is 338 g/mol. The van der Waals surface area contributed by atoms with Crippen molar-refractivity contribution >= 4 is 29.1 Å². The van der Waals surface area contributed by atoms with Gasteiger partial charge in [-0.3, -0.25) is 4.79 Å². The Morgan fingerprint density at radius 2 is 1.86 bits per heavy atom. The number of amides is 1. The van der Waals surface area contributed by atoms with Crippen molar-refractivity contribution in [3.8, 4) is 0 Å². The van der Waals surface area contributed by atoms with Crippen LogP contribution >= 0.6 is 23.2 Å². The van der Waals surface area contributed by atoms with Gasteiger partial charge in [0.1, 0.15) is 0 Å². The van der Waals surface area contributed by atoms with E-state index in [1.165, 1.54) is 0 Å². The monoisotopic (exact) mass is 337 g/mol. The first kappa shape index (κ1) is 16.8. The molecule has 22 heavy (non-hydrogen) atoms. The molecular weight excluding hydrogens is 321 g/mol. The average Bonchev–Trinajstić information content (AvgIpc) is 2.54. The van der Waals surface area contributed by atoms with Crippen molar-refractivity contribution in [2.75, 3.05) is 13.2 Å². The summed E-state index contributed by atoms with van der Waals surface area (Å²) < 4.78 is 0. The lowest BCUT2D eigenvalue weighted by Gasteiger charge is -2.17. The molecule has 0 aliphatic heterocycles. The fourth-order valence-electron chi connectivity index (χ4n) is 2.25. The van der Waals surface area contributed by atoms with E-state index < -0.39 is 0 Å². The van der Waals surface area contributed by atoms with E-state index in [1.807, 2.05) is 30.3 Å². The molecule has 3 nitrogen and oxygen atoms in total. The van der Waals surface area contributed by atoms with Gasteiger partial charge in [-0.05, 0) is 30.2 Å². The lowest BCUT2D eigenvalue weighted by Crippen LogP contribution is -2.29. The second-order valence-electron chi connectivity index (χ2n) is 4.95. The summed E-state index contributed by atoms with van der Waals surface area (Å²) in [5.41, 5.74) is 1.43. The number of hydrogen-bond donors (Lipinski definition) is 2. The number of nitrogens with one attached hydrogen (secondary N) is 1. The van der Waals surface area contributed by atoms with Gasteiger partial charge in [-0.25, -0.2) is 0 Å². The van der Waals surface area contributed by atoms with Crippen LogP contribution in [0, 0.1) is 0 Å². The van der Waals surface area contributed by atoms with E-state index in [0.29, 0.717) is 28.6 Å². The van der Waals surface area contributed by atoms with Gasteiger partial charge < -0.3 is 10.4 Å². The Morgan fingerprint density at radius 3 is 2.55 bits per heavy atom. The molecule has 0 saturated heterocycles. The largest absolute Gasteiger partial charge is 0.396 e. The summed E-state index contributed by atoms with van der Waals surface area (Å²) >= 11 is 11.9. The molecule has 1 atom stereocenters. The second kappa shape index (κ2) is 8.18. The van der Waals surface area contributed by atoms with Gasteiger partial charge in [-0.15, -0.1) is 0 Å². The summed E-state index contributed by atoms with van der Waals surface area (Å²) in [7, 11) is 0. The van der Waals surface area contributed by atoms with Gasteiger partial charge in [0.15, 0.2) is 0 Å². The minimum atomic E-state index is -0.272. The van der Waals surface area contributed by atoms with E-state index >= 15 is 0 Å². The molecule has 1 amide bonds. The number of carbonyl (C=O) groups excluding carboxylic acids is 1. The van der Waals surface area contributed by atoms with Crippen molar-refractivity contribution in [2.24, 2.45) is 0 Å². The molecule has 2 aromatic rings. The Bertz CT molecular complexity index is 632. The zero-order valence-electron chi connectivity index (χ0n) is 11.9. The second-order valence-corrected chi connectivity index (χ2v) is 5.80. The summed E-state index contributed by atoms with van der Waals surface area (Å²) in [6.07, 6.45) is 0.577. The molecule has 0 aliphatic rings. The first-order valence-corrected chi connectivity index (χ1v) is 7.76. The molecule has 1 unspecified atom stereocenters. The summed E-state index contributed by atoms with van der Waals surface area (Å²) in [6, 6.07) is 14.6. The Balaban J connectivity index is 2.06. The lowest BCUT2D eigenvalue weighted by atomic mass is 9.96. The van der Waals surface area contributed by atoms with Crippen LogP contribution in [0.15, 0.2) is 48.5 Å². The molecule has 2 rings (SSSR count). The highest BCUT2D eigenvalue weighted by molar-refractivity contribution is 6.35. The highest BCUT2D eigenvalue weighted by Gasteiger charge is 2.15. The summed E-state index contributed by atoms with van der Waals surface area (Å²) in [5, 5.41) is 12.9. The summed E-state index contributed by atoms with van der Waals surface area (Å²) in [5.74, 6) is -0.223. The topological polar surface area (TPSA) is 49.3 Å². The minimum Gasteiger partial charge on any atom is -0.396 e. The predicted octanol–water partition coefficient (Wildman–Crippen LogP) is 3.89. The van der Waals surface area contributed by atoms with E-state index in [0.717, 1.165) is 5.56 Å². The van der Waals surface area contributed by atoms with Gasteiger partial charge in [0.25, 0.3) is 5.91 Å². The third-order valence-corrected chi connectivity index (χ3v) is 4.00. The van der Waals surface area contributed by atoms with Crippen molar-refractivity contribution in [3.05, 3.63) is 69.7 Å². The highest BCUT2D eigenvalue weighted by Crippen LogP contribution is 2.22.